The van der Waals surface area contributed by atoms with Gasteiger partial charge in [-0.2, -0.15) is 0 Å². The molecule has 2 unspecified atom stereocenters. The summed E-state index contributed by atoms with van der Waals surface area (Å²) in [6, 6.07) is 10.0. The summed E-state index contributed by atoms with van der Waals surface area (Å²) in [6.07, 6.45) is 2.82. The van der Waals surface area contributed by atoms with Crippen molar-refractivity contribution in [3.8, 4) is 0 Å². The van der Waals surface area contributed by atoms with Crippen LogP contribution in [0.4, 0.5) is 0 Å². The van der Waals surface area contributed by atoms with E-state index >= 15 is 0 Å². The molecule has 0 radical (unpaired) electrons. The zero-order valence-corrected chi connectivity index (χ0v) is 13.0. The number of rotatable bonds is 9. The molecule has 1 heterocycles. The summed E-state index contributed by atoms with van der Waals surface area (Å²) < 4.78 is 15.8. The van der Waals surface area contributed by atoms with Crippen LogP contribution >= 0.6 is 0 Å². The number of benzene rings is 1. The van der Waals surface area contributed by atoms with Crippen molar-refractivity contribution in [2.75, 3.05) is 19.8 Å². The van der Waals surface area contributed by atoms with E-state index < -0.39 is 18.2 Å². The number of hydrogen-bond donors (Lipinski definition) is 0. The van der Waals surface area contributed by atoms with Crippen molar-refractivity contribution >= 4 is 11.9 Å². The maximum atomic E-state index is 11.7. The van der Waals surface area contributed by atoms with E-state index in [1.807, 2.05) is 30.3 Å². The van der Waals surface area contributed by atoms with E-state index in [1.54, 1.807) is 6.08 Å². The number of esters is 1. The van der Waals surface area contributed by atoms with E-state index in [0.717, 1.165) is 6.42 Å². The lowest BCUT2D eigenvalue weighted by molar-refractivity contribution is -0.143. The molecule has 1 aliphatic heterocycles. The summed E-state index contributed by atoms with van der Waals surface area (Å²) in [4.78, 5) is 16.1. The minimum atomic E-state index is -0.643. The highest BCUT2D eigenvalue weighted by atomic mass is 16.7. The topological polar surface area (TPSA) is 60.4 Å². The van der Waals surface area contributed by atoms with Crippen molar-refractivity contribution in [2.45, 2.75) is 18.6 Å². The van der Waals surface area contributed by atoms with Gasteiger partial charge in [0.15, 0.2) is 12.2 Å². The van der Waals surface area contributed by atoms with E-state index in [9.17, 15) is 4.79 Å². The zero-order valence-electron chi connectivity index (χ0n) is 13.0. The number of nitrogens with zero attached hydrogens (tertiary/aromatic N) is 1. The van der Waals surface area contributed by atoms with Crippen LogP contribution in [0.2, 0.25) is 0 Å². The third-order valence-corrected chi connectivity index (χ3v) is 3.17. The fourth-order valence-corrected chi connectivity index (χ4v) is 2.00. The summed E-state index contributed by atoms with van der Waals surface area (Å²) in [5, 5.41) is 0. The van der Waals surface area contributed by atoms with Gasteiger partial charge in [-0.3, -0.25) is 4.99 Å². The van der Waals surface area contributed by atoms with Crippen LogP contribution < -0.4 is 0 Å². The standard InChI is InChI=1S/C18H21NO4/c1-3-12-21-17(15-16(23-15)18(20)22-13-4-2)19-11-10-14-8-6-5-7-9-14/h3-9,15-16H,1-2,10-13H2. The Kier molecular flexibility index (Phi) is 6.56. The first kappa shape index (κ1) is 17.0. The van der Waals surface area contributed by atoms with Crippen molar-refractivity contribution < 1.29 is 19.0 Å². The molecule has 0 spiro atoms. The second kappa shape index (κ2) is 8.90. The average Bonchev–Trinajstić information content (AvgIpc) is 3.37. The molecule has 2 atom stereocenters. The number of epoxide rings is 1. The molecule has 1 aliphatic rings. The molecule has 23 heavy (non-hydrogen) atoms. The van der Waals surface area contributed by atoms with Crippen molar-refractivity contribution in [1.29, 1.82) is 0 Å². The monoisotopic (exact) mass is 315 g/mol. The number of carbonyl (C=O) groups excluding carboxylic acids is 1. The molecule has 122 valence electrons. The van der Waals surface area contributed by atoms with Crippen molar-refractivity contribution in [3.05, 3.63) is 61.2 Å². The van der Waals surface area contributed by atoms with Gasteiger partial charge in [-0.1, -0.05) is 55.6 Å². The Morgan fingerprint density at radius 3 is 2.52 bits per heavy atom. The van der Waals surface area contributed by atoms with Gasteiger partial charge < -0.3 is 14.2 Å². The molecule has 0 aromatic heterocycles. The maximum absolute atomic E-state index is 11.7. The third-order valence-electron chi connectivity index (χ3n) is 3.17. The fourth-order valence-electron chi connectivity index (χ4n) is 2.00. The maximum Gasteiger partial charge on any atom is 0.338 e. The van der Waals surface area contributed by atoms with E-state index in [1.165, 1.54) is 11.6 Å². The molecule has 1 aromatic carbocycles. The highest BCUT2D eigenvalue weighted by Crippen LogP contribution is 2.25. The van der Waals surface area contributed by atoms with E-state index in [4.69, 9.17) is 14.2 Å². The predicted octanol–water partition coefficient (Wildman–Crippen LogP) is 2.33. The molecule has 2 rings (SSSR count). The lowest BCUT2D eigenvalue weighted by Gasteiger charge is -2.05. The molecular weight excluding hydrogens is 294 g/mol. The molecule has 5 nitrogen and oxygen atoms in total. The van der Waals surface area contributed by atoms with Gasteiger partial charge in [-0.25, -0.2) is 4.79 Å². The van der Waals surface area contributed by atoms with Crippen LogP contribution in [-0.2, 0) is 25.4 Å². The molecular formula is C18H21NO4. The van der Waals surface area contributed by atoms with Crippen LogP contribution in [0, 0.1) is 0 Å². The molecule has 5 heteroatoms. The molecule has 0 aliphatic carbocycles. The Morgan fingerprint density at radius 1 is 1.13 bits per heavy atom. The summed E-state index contributed by atoms with van der Waals surface area (Å²) in [5.41, 5.74) is 1.19. The van der Waals surface area contributed by atoms with E-state index in [-0.39, 0.29) is 6.61 Å². The zero-order chi connectivity index (χ0) is 16.5. The lowest BCUT2D eigenvalue weighted by atomic mass is 10.1. The van der Waals surface area contributed by atoms with Crippen LogP contribution in [0.5, 0.6) is 0 Å². The number of ether oxygens (including phenoxy) is 3. The minimum Gasteiger partial charge on any atom is -0.475 e. The van der Waals surface area contributed by atoms with Gasteiger partial charge in [-0.05, 0) is 12.0 Å². The largest absolute Gasteiger partial charge is 0.475 e. The highest BCUT2D eigenvalue weighted by Gasteiger charge is 2.51. The van der Waals surface area contributed by atoms with Gasteiger partial charge in [0, 0.05) is 6.54 Å². The van der Waals surface area contributed by atoms with Crippen molar-refractivity contribution in [3.63, 3.8) is 0 Å². The van der Waals surface area contributed by atoms with Gasteiger partial charge >= 0.3 is 5.97 Å². The highest BCUT2D eigenvalue weighted by molar-refractivity contribution is 5.92. The molecule has 0 bridgehead atoms. The number of carbonyl (C=O) groups is 1. The smallest absolute Gasteiger partial charge is 0.338 e. The Hall–Kier alpha value is -2.40. The van der Waals surface area contributed by atoms with Crippen LogP contribution in [0.3, 0.4) is 0 Å². The lowest BCUT2D eigenvalue weighted by Crippen LogP contribution is -2.21. The Bertz CT molecular complexity index is 568. The molecule has 1 aromatic rings. The van der Waals surface area contributed by atoms with Gasteiger partial charge in [0.2, 0.25) is 5.90 Å². The first-order valence-corrected chi connectivity index (χ1v) is 7.51. The Morgan fingerprint density at radius 2 is 1.83 bits per heavy atom. The number of hydrogen-bond acceptors (Lipinski definition) is 5. The van der Waals surface area contributed by atoms with Gasteiger partial charge in [-0.15, -0.1) is 0 Å². The Labute approximate surface area is 136 Å². The summed E-state index contributed by atoms with van der Waals surface area (Å²) in [7, 11) is 0. The summed E-state index contributed by atoms with van der Waals surface area (Å²) >= 11 is 0. The van der Waals surface area contributed by atoms with Gasteiger partial charge in [0.1, 0.15) is 13.2 Å². The quantitative estimate of drug-likeness (QED) is 0.231. The SMILES string of the molecule is C=CCOC(=O)C1OC1C(=NCCc1ccccc1)OCC=C. The minimum absolute atomic E-state index is 0.166. The Balaban J connectivity index is 1.89. The third kappa shape index (κ3) is 5.38. The first-order chi connectivity index (χ1) is 11.3. The van der Waals surface area contributed by atoms with Crippen LogP contribution in [0.15, 0.2) is 60.6 Å². The summed E-state index contributed by atoms with van der Waals surface area (Å²) in [5.74, 6) is -0.00533. The average molecular weight is 315 g/mol. The van der Waals surface area contributed by atoms with Crippen LogP contribution in [-0.4, -0.2) is 43.8 Å². The fraction of sp³-hybridized carbons (Fsp3) is 0.333. The number of aliphatic imine (C=N–C) groups is 1. The van der Waals surface area contributed by atoms with Crippen molar-refractivity contribution in [2.24, 2.45) is 4.99 Å². The predicted molar refractivity (Wildman–Crippen MR) is 88.4 cm³/mol. The first-order valence-electron chi connectivity index (χ1n) is 7.51. The molecule has 0 N–H and O–H groups in total. The van der Waals surface area contributed by atoms with E-state index in [2.05, 4.69) is 18.2 Å². The van der Waals surface area contributed by atoms with Crippen LogP contribution in [0.25, 0.3) is 0 Å². The van der Waals surface area contributed by atoms with Crippen molar-refractivity contribution in [1.82, 2.24) is 0 Å². The normalized spacial score (nSPS) is 19.7. The van der Waals surface area contributed by atoms with E-state index in [0.29, 0.717) is 19.0 Å². The molecule has 1 saturated heterocycles. The van der Waals surface area contributed by atoms with Gasteiger partial charge in [0.05, 0.1) is 0 Å². The molecule has 0 amide bonds. The van der Waals surface area contributed by atoms with Gasteiger partial charge in [0.25, 0.3) is 0 Å². The molecule has 1 fully saturated rings. The van der Waals surface area contributed by atoms with Crippen LogP contribution in [0.1, 0.15) is 5.56 Å². The second-order valence-corrected chi connectivity index (χ2v) is 4.95. The second-order valence-electron chi connectivity index (χ2n) is 4.95. The molecule has 0 saturated carbocycles. The summed E-state index contributed by atoms with van der Waals surface area (Å²) in [6.45, 7) is 8.15.